The SMILES string of the molecule is CC(=O)O[C@H]1C[C@H]2[C@@H](CC[C@H]3C[C@@H](C(C)=O)CC[C@@]32C)[C@@H]2CC[C@H](/C(C)=C/C=C(c3ccccc3)c3ccccc3)[C@@]12C. The number of rotatable bonds is 6. The molecule has 0 bridgehead atoms. The van der Waals surface area contributed by atoms with E-state index in [-0.39, 0.29) is 28.8 Å². The summed E-state index contributed by atoms with van der Waals surface area (Å²) in [4.78, 5) is 24.9. The highest BCUT2D eigenvalue weighted by molar-refractivity contribution is 5.81. The second kappa shape index (κ2) is 11.9. The Hall–Kier alpha value is -2.94. The monoisotopic (exact) mass is 578 g/mol. The first-order valence-electron chi connectivity index (χ1n) is 16.8. The summed E-state index contributed by atoms with van der Waals surface area (Å²) in [5.74, 6) is 3.24. The minimum absolute atomic E-state index is 0.0687. The van der Waals surface area contributed by atoms with Crippen molar-refractivity contribution >= 4 is 17.3 Å². The molecule has 4 aliphatic carbocycles. The second-order valence-corrected chi connectivity index (χ2v) is 14.8. The first-order chi connectivity index (χ1) is 20.6. The molecule has 0 saturated heterocycles. The molecule has 4 fully saturated rings. The molecular formula is C40H50O3. The van der Waals surface area contributed by atoms with Crippen molar-refractivity contribution in [3.63, 3.8) is 0 Å². The normalized spacial score (nSPS) is 37.0. The van der Waals surface area contributed by atoms with Gasteiger partial charge < -0.3 is 4.74 Å². The minimum Gasteiger partial charge on any atom is -0.462 e. The van der Waals surface area contributed by atoms with Crippen LogP contribution in [0.25, 0.3) is 5.57 Å². The fourth-order valence-corrected chi connectivity index (χ4v) is 10.6. The number of ether oxygens (including phenoxy) is 1. The van der Waals surface area contributed by atoms with Crippen LogP contribution < -0.4 is 0 Å². The maximum Gasteiger partial charge on any atom is 0.302 e. The van der Waals surface area contributed by atoms with Crippen LogP contribution in [-0.4, -0.2) is 17.9 Å². The van der Waals surface area contributed by atoms with Gasteiger partial charge in [0.15, 0.2) is 0 Å². The van der Waals surface area contributed by atoms with Gasteiger partial charge >= 0.3 is 5.97 Å². The van der Waals surface area contributed by atoms with E-state index in [1.807, 2.05) is 0 Å². The maximum absolute atomic E-state index is 12.6. The molecule has 228 valence electrons. The number of benzene rings is 2. The summed E-state index contributed by atoms with van der Waals surface area (Å²) >= 11 is 0. The number of Topliss-reactive ketones (excluding diaryl/α,β-unsaturated/α-hetero) is 1. The molecule has 2 aromatic carbocycles. The molecule has 4 aliphatic rings. The number of hydrogen-bond donors (Lipinski definition) is 0. The van der Waals surface area contributed by atoms with Crippen LogP contribution in [0.5, 0.6) is 0 Å². The van der Waals surface area contributed by atoms with Crippen molar-refractivity contribution in [3.05, 3.63) is 89.5 Å². The van der Waals surface area contributed by atoms with Gasteiger partial charge in [0, 0.05) is 18.3 Å². The predicted octanol–water partition coefficient (Wildman–Crippen LogP) is 9.47. The molecule has 43 heavy (non-hydrogen) atoms. The van der Waals surface area contributed by atoms with Crippen molar-refractivity contribution in [2.45, 2.75) is 92.1 Å². The van der Waals surface area contributed by atoms with E-state index in [1.165, 1.54) is 41.5 Å². The summed E-state index contributed by atoms with van der Waals surface area (Å²) in [6.07, 6.45) is 13.6. The van der Waals surface area contributed by atoms with Crippen LogP contribution in [-0.2, 0) is 14.3 Å². The smallest absolute Gasteiger partial charge is 0.302 e. The van der Waals surface area contributed by atoms with E-state index in [0.717, 1.165) is 32.1 Å². The topological polar surface area (TPSA) is 43.4 Å². The van der Waals surface area contributed by atoms with Gasteiger partial charge in [0.05, 0.1) is 0 Å². The summed E-state index contributed by atoms with van der Waals surface area (Å²) < 4.78 is 6.35. The van der Waals surface area contributed by atoms with E-state index < -0.39 is 0 Å². The molecular weight excluding hydrogens is 528 g/mol. The summed E-state index contributed by atoms with van der Waals surface area (Å²) in [7, 11) is 0. The molecule has 0 heterocycles. The number of hydrogen-bond acceptors (Lipinski definition) is 3. The van der Waals surface area contributed by atoms with Crippen molar-refractivity contribution in [1.29, 1.82) is 0 Å². The van der Waals surface area contributed by atoms with Crippen molar-refractivity contribution in [1.82, 2.24) is 0 Å². The maximum atomic E-state index is 12.6. The van der Waals surface area contributed by atoms with Crippen molar-refractivity contribution < 1.29 is 14.3 Å². The minimum atomic E-state index is -0.149. The predicted molar refractivity (Wildman–Crippen MR) is 174 cm³/mol. The lowest BCUT2D eigenvalue weighted by atomic mass is 9.43. The summed E-state index contributed by atoms with van der Waals surface area (Å²) in [5.41, 5.74) is 5.23. The van der Waals surface area contributed by atoms with Crippen molar-refractivity contribution in [3.8, 4) is 0 Å². The molecule has 3 heteroatoms. The Balaban J connectivity index is 1.33. The summed E-state index contributed by atoms with van der Waals surface area (Å²) in [6.45, 7) is 10.7. The molecule has 4 saturated carbocycles. The van der Waals surface area contributed by atoms with Gasteiger partial charge in [-0.1, -0.05) is 92.2 Å². The van der Waals surface area contributed by atoms with Gasteiger partial charge in [-0.3, -0.25) is 9.59 Å². The third-order valence-corrected chi connectivity index (χ3v) is 12.9. The Morgan fingerprint density at radius 3 is 2.02 bits per heavy atom. The van der Waals surface area contributed by atoms with E-state index in [1.54, 1.807) is 13.8 Å². The average molecular weight is 579 g/mol. The molecule has 0 N–H and O–H groups in total. The Morgan fingerprint density at radius 1 is 0.767 bits per heavy atom. The molecule has 0 aromatic heterocycles. The van der Waals surface area contributed by atoms with E-state index >= 15 is 0 Å². The highest BCUT2D eigenvalue weighted by atomic mass is 16.5. The fourth-order valence-electron chi connectivity index (χ4n) is 10.6. The fraction of sp³-hybridized carbons (Fsp3) is 0.550. The summed E-state index contributed by atoms with van der Waals surface area (Å²) in [6, 6.07) is 21.3. The van der Waals surface area contributed by atoms with Gasteiger partial charge in [-0.05, 0) is 117 Å². The Labute approximate surface area is 259 Å². The zero-order chi connectivity index (χ0) is 30.4. The van der Waals surface area contributed by atoms with Gasteiger partial charge in [-0.25, -0.2) is 0 Å². The third-order valence-electron chi connectivity index (χ3n) is 12.9. The van der Waals surface area contributed by atoms with Gasteiger partial charge in [0.25, 0.3) is 0 Å². The molecule has 0 amide bonds. The Kier molecular flexibility index (Phi) is 8.31. The largest absolute Gasteiger partial charge is 0.462 e. The molecule has 6 rings (SSSR count). The molecule has 0 radical (unpaired) electrons. The highest BCUT2D eigenvalue weighted by Gasteiger charge is 2.64. The third kappa shape index (κ3) is 5.36. The molecule has 9 atom stereocenters. The van der Waals surface area contributed by atoms with Crippen LogP contribution in [0.2, 0.25) is 0 Å². The Morgan fingerprint density at radius 2 is 1.42 bits per heavy atom. The first-order valence-corrected chi connectivity index (χ1v) is 16.8. The van der Waals surface area contributed by atoms with E-state index in [9.17, 15) is 9.59 Å². The average Bonchev–Trinajstić information content (AvgIpc) is 3.36. The van der Waals surface area contributed by atoms with E-state index in [2.05, 4.69) is 93.6 Å². The number of fused-ring (bicyclic) bond motifs is 5. The van der Waals surface area contributed by atoms with E-state index in [0.29, 0.717) is 35.4 Å². The first kappa shape index (κ1) is 30.1. The lowest BCUT2D eigenvalue weighted by molar-refractivity contribution is -0.190. The zero-order valence-corrected chi connectivity index (χ0v) is 26.9. The molecule has 0 aliphatic heterocycles. The number of carbonyl (C=O) groups is 2. The van der Waals surface area contributed by atoms with Gasteiger partial charge in [0.2, 0.25) is 0 Å². The van der Waals surface area contributed by atoms with Crippen LogP contribution in [0.1, 0.15) is 97.1 Å². The highest BCUT2D eigenvalue weighted by Crippen LogP contribution is 2.69. The van der Waals surface area contributed by atoms with Crippen LogP contribution in [0.4, 0.5) is 0 Å². The lowest BCUT2D eigenvalue weighted by Gasteiger charge is -2.62. The van der Waals surface area contributed by atoms with Crippen LogP contribution >= 0.6 is 0 Å². The van der Waals surface area contributed by atoms with Crippen molar-refractivity contribution in [2.75, 3.05) is 0 Å². The van der Waals surface area contributed by atoms with Gasteiger partial charge in [-0.2, -0.15) is 0 Å². The quantitative estimate of drug-likeness (QED) is 0.253. The van der Waals surface area contributed by atoms with Crippen LogP contribution in [0, 0.1) is 46.3 Å². The second-order valence-electron chi connectivity index (χ2n) is 14.8. The standard InChI is InChI=1S/C40H50O3/c1-26(16-18-33(29-12-8-6-9-13-29)30-14-10-7-11-15-30)35-20-21-36-34-19-17-32-24-31(27(2)41)22-23-39(32,4)37(34)25-38(40(35,36)5)43-28(3)42/h6-16,18,31-32,34-38H,17,19-25H2,1-5H3/b26-16+/t31-,32-,34-,35+,36-,37-,38-,39-,40+/m0/s1. The lowest BCUT2D eigenvalue weighted by Crippen LogP contribution is -2.59. The van der Waals surface area contributed by atoms with E-state index in [4.69, 9.17) is 4.74 Å². The molecule has 0 unspecified atom stereocenters. The van der Waals surface area contributed by atoms with Crippen molar-refractivity contribution in [2.24, 2.45) is 46.3 Å². The Bertz CT molecular complexity index is 1350. The molecule has 3 nitrogen and oxygen atoms in total. The van der Waals surface area contributed by atoms with Crippen LogP contribution in [0.3, 0.4) is 0 Å². The molecule has 2 aromatic rings. The number of allylic oxidation sites excluding steroid dienone is 3. The number of esters is 1. The zero-order valence-electron chi connectivity index (χ0n) is 26.9. The summed E-state index contributed by atoms with van der Waals surface area (Å²) in [5, 5.41) is 0. The van der Waals surface area contributed by atoms with Gasteiger partial charge in [0.1, 0.15) is 11.9 Å². The van der Waals surface area contributed by atoms with Gasteiger partial charge in [-0.15, -0.1) is 0 Å². The van der Waals surface area contributed by atoms with Crippen LogP contribution in [0.15, 0.2) is 78.4 Å². The number of ketones is 1. The number of carbonyl (C=O) groups excluding carboxylic acids is 2. The molecule has 0 spiro atoms.